The minimum Gasteiger partial charge on any atom is -0.508 e. The molecule has 0 bridgehead atoms. The standard InChI is InChI=1S/C12H14F3NO2/c1-3-16(7-12(13,14)15)11(18)9-4-5-10(17)8(2)6-9/h4-6,17H,3,7H2,1-2H3. The van der Waals surface area contributed by atoms with Gasteiger partial charge in [0.2, 0.25) is 0 Å². The van der Waals surface area contributed by atoms with Gasteiger partial charge in [-0.3, -0.25) is 4.79 Å². The Kier molecular flexibility index (Phi) is 4.21. The molecule has 0 aliphatic carbocycles. The molecule has 3 nitrogen and oxygen atoms in total. The first kappa shape index (κ1) is 14.3. The van der Waals surface area contributed by atoms with Crippen LogP contribution in [0.4, 0.5) is 13.2 Å². The molecule has 1 N–H and O–H groups in total. The predicted octanol–water partition coefficient (Wildman–Crippen LogP) is 2.73. The van der Waals surface area contributed by atoms with Crippen LogP contribution >= 0.6 is 0 Å². The Morgan fingerprint density at radius 2 is 2.00 bits per heavy atom. The number of phenols is 1. The maximum atomic E-state index is 12.3. The first-order valence-electron chi connectivity index (χ1n) is 5.40. The van der Waals surface area contributed by atoms with Gasteiger partial charge in [-0.25, -0.2) is 0 Å². The molecule has 0 fully saturated rings. The lowest BCUT2D eigenvalue weighted by Crippen LogP contribution is -2.38. The number of carbonyl (C=O) groups excluding carboxylic acids is 1. The zero-order valence-electron chi connectivity index (χ0n) is 10.1. The molecule has 1 aromatic rings. The molecule has 100 valence electrons. The number of hydrogen-bond acceptors (Lipinski definition) is 2. The fourth-order valence-corrected chi connectivity index (χ4v) is 1.51. The summed E-state index contributed by atoms with van der Waals surface area (Å²) in [5.74, 6) is -0.691. The molecule has 0 atom stereocenters. The van der Waals surface area contributed by atoms with E-state index in [4.69, 9.17) is 0 Å². The van der Waals surface area contributed by atoms with E-state index in [0.717, 1.165) is 0 Å². The van der Waals surface area contributed by atoms with Crippen LogP contribution < -0.4 is 0 Å². The molecular weight excluding hydrogens is 247 g/mol. The molecule has 0 radical (unpaired) electrons. The van der Waals surface area contributed by atoms with Gasteiger partial charge in [0.15, 0.2) is 0 Å². The quantitative estimate of drug-likeness (QED) is 0.908. The van der Waals surface area contributed by atoms with Gasteiger partial charge in [-0.05, 0) is 37.6 Å². The third-order valence-corrected chi connectivity index (χ3v) is 2.48. The van der Waals surface area contributed by atoms with E-state index in [-0.39, 0.29) is 17.9 Å². The zero-order valence-corrected chi connectivity index (χ0v) is 10.1. The Morgan fingerprint density at radius 3 is 2.44 bits per heavy atom. The van der Waals surface area contributed by atoms with Crippen molar-refractivity contribution in [3.63, 3.8) is 0 Å². The molecule has 0 aromatic heterocycles. The number of hydrogen-bond donors (Lipinski definition) is 1. The van der Waals surface area contributed by atoms with Crippen molar-refractivity contribution in [3.8, 4) is 5.75 Å². The van der Waals surface area contributed by atoms with Crippen molar-refractivity contribution >= 4 is 5.91 Å². The van der Waals surface area contributed by atoms with E-state index in [0.29, 0.717) is 10.5 Å². The topological polar surface area (TPSA) is 40.5 Å². The number of rotatable bonds is 3. The van der Waals surface area contributed by atoms with Crippen LogP contribution in [0.1, 0.15) is 22.8 Å². The summed E-state index contributed by atoms with van der Waals surface area (Å²) in [6.07, 6.45) is -4.42. The highest BCUT2D eigenvalue weighted by Crippen LogP contribution is 2.21. The normalized spacial score (nSPS) is 11.4. The molecule has 0 aliphatic heterocycles. The van der Waals surface area contributed by atoms with Crippen LogP contribution in [0.2, 0.25) is 0 Å². The summed E-state index contributed by atoms with van der Waals surface area (Å²) < 4.78 is 36.8. The maximum Gasteiger partial charge on any atom is 0.406 e. The van der Waals surface area contributed by atoms with Crippen LogP contribution in [0.3, 0.4) is 0 Å². The van der Waals surface area contributed by atoms with E-state index in [1.165, 1.54) is 25.1 Å². The van der Waals surface area contributed by atoms with Gasteiger partial charge in [0, 0.05) is 12.1 Å². The third kappa shape index (κ3) is 3.65. The lowest BCUT2D eigenvalue weighted by atomic mass is 10.1. The van der Waals surface area contributed by atoms with E-state index >= 15 is 0 Å². The van der Waals surface area contributed by atoms with Crippen molar-refractivity contribution in [3.05, 3.63) is 29.3 Å². The number of benzene rings is 1. The van der Waals surface area contributed by atoms with Crippen LogP contribution in [0.5, 0.6) is 5.75 Å². The van der Waals surface area contributed by atoms with Crippen molar-refractivity contribution in [2.45, 2.75) is 20.0 Å². The Bertz CT molecular complexity index is 443. The SMILES string of the molecule is CCN(CC(F)(F)F)C(=O)c1ccc(O)c(C)c1. The summed E-state index contributed by atoms with van der Waals surface area (Å²) in [6.45, 7) is 1.75. The molecule has 0 unspecified atom stereocenters. The highest BCUT2D eigenvalue weighted by Gasteiger charge is 2.32. The summed E-state index contributed by atoms with van der Waals surface area (Å²) in [5, 5.41) is 9.30. The van der Waals surface area contributed by atoms with Gasteiger partial charge in [-0.1, -0.05) is 0 Å². The number of carbonyl (C=O) groups is 1. The zero-order chi connectivity index (χ0) is 13.9. The Morgan fingerprint density at radius 1 is 1.39 bits per heavy atom. The summed E-state index contributed by atoms with van der Waals surface area (Å²) >= 11 is 0. The maximum absolute atomic E-state index is 12.3. The van der Waals surface area contributed by atoms with E-state index in [9.17, 15) is 23.1 Å². The molecule has 1 aromatic carbocycles. The lowest BCUT2D eigenvalue weighted by Gasteiger charge is -2.22. The number of aryl methyl sites for hydroxylation is 1. The number of nitrogens with zero attached hydrogens (tertiary/aromatic N) is 1. The fourth-order valence-electron chi connectivity index (χ4n) is 1.51. The average molecular weight is 261 g/mol. The van der Waals surface area contributed by atoms with Gasteiger partial charge in [0.25, 0.3) is 5.91 Å². The molecule has 1 amide bonds. The Balaban J connectivity index is 2.93. The van der Waals surface area contributed by atoms with Gasteiger partial charge in [-0.2, -0.15) is 13.2 Å². The van der Waals surface area contributed by atoms with Crippen molar-refractivity contribution in [2.24, 2.45) is 0 Å². The molecule has 0 saturated heterocycles. The fraction of sp³-hybridized carbons (Fsp3) is 0.417. The van der Waals surface area contributed by atoms with Crippen LogP contribution in [-0.2, 0) is 0 Å². The highest BCUT2D eigenvalue weighted by molar-refractivity contribution is 5.94. The summed E-state index contributed by atoms with van der Waals surface area (Å²) in [5.41, 5.74) is 0.584. The van der Waals surface area contributed by atoms with Gasteiger partial charge >= 0.3 is 6.18 Å². The molecule has 0 heterocycles. The van der Waals surface area contributed by atoms with E-state index in [1.54, 1.807) is 6.92 Å². The van der Waals surface area contributed by atoms with Crippen molar-refractivity contribution in [1.82, 2.24) is 4.90 Å². The molecule has 1 rings (SSSR count). The van der Waals surface area contributed by atoms with E-state index in [1.807, 2.05) is 0 Å². The second-order valence-electron chi connectivity index (χ2n) is 3.94. The van der Waals surface area contributed by atoms with Crippen LogP contribution in [0, 0.1) is 6.92 Å². The predicted molar refractivity (Wildman–Crippen MR) is 60.5 cm³/mol. The largest absolute Gasteiger partial charge is 0.508 e. The van der Waals surface area contributed by atoms with Crippen LogP contribution in [0.15, 0.2) is 18.2 Å². The van der Waals surface area contributed by atoms with Crippen molar-refractivity contribution < 1.29 is 23.1 Å². The summed E-state index contributed by atoms with van der Waals surface area (Å²) in [6, 6.07) is 3.98. The minimum absolute atomic E-state index is 0.00502. The molecule has 0 aliphatic rings. The molecular formula is C12H14F3NO2. The second kappa shape index (κ2) is 5.29. The van der Waals surface area contributed by atoms with Gasteiger partial charge in [0.1, 0.15) is 12.3 Å². The molecule has 6 heteroatoms. The van der Waals surface area contributed by atoms with Crippen molar-refractivity contribution in [2.75, 3.05) is 13.1 Å². The number of aromatic hydroxyl groups is 1. The highest BCUT2D eigenvalue weighted by atomic mass is 19.4. The van der Waals surface area contributed by atoms with Crippen LogP contribution in [0.25, 0.3) is 0 Å². The number of phenolic OH excluding ortho intramolecular Hbond substituents is 1. The number of amides is 1. The average Bonchev–Trinajstić information content (AvgIpc) is 2.27. The van der Waals surface area contributed by atoms with E-state index < -0.39 is 18.6 Å². The van der Waals surface area contributed by atoms with Crippen LogP contribution in [-0.4, -0.2) is 35.2 Å². The smallest absolute Gasteiger partial charge is 0.406 e. The number of alkyl halides is 3. The first-order valence-corrected chi connectivity index (χ1v) is 5.40. The second-order valence-corrected chi connectivity index (χ2v) is 3.94. The monoisotopic (exact) mass is 261 g/mol. The minimum atomic E-state index is -4.42. The van der Waals surface area contributed by atoms with Crippen molar-refractivity contribution in [1.29, 1.82) is 0 Å². The third-order valence-electron chi connectivity index (χ3n) is 2.48. The van der Waals surface area contributed by atoms with Gasteiger partial charge < -0.3 is 10.0 Å². The lowest BCUT2D eigenvalue weighted by molar-refractivity contribution is -0.140. The summed E-state index contributed by atoms with van der Waals surface area (Å²) in [7, 11) is 0. The Hall–Kier alpha value is -1.72. The molecule has 18 heavy (non-hydrogen) atoms. The first-order chi connectivity index (χ1) is 8.24. The number of halogens is 3. The van der Waals surface area contributed by atoms with Gasteiger partial charge in [-0.15, -0.1) is 0 Å². The summed E-state index contributed by atoms with van der Waals surface area (Å²) in [4.78, 5) is 12.6. The molecule has 0 spiro atoms. The van der Waals surface area contributed by atoms with E-state index in [2.05, 4.69) is 0 Å². The Labute approximate surface area is 103 Å². The van der Waals surface area contributed by atoms with Gasteiger partial charge in [0.05, 0.1) is 0 Å². The molecule has 0 saturated carbocycles.